The fraction of sp³-hybridized carbons (Fsp3) is 0.562. The number of hydrogen-bond donors (Lipinski definition) is 1. The predicted molar refractivity (Wildman–Crippen MR) is 90.8 cm³/mol. The number of amides is 1. The average Bonchev–Trinajstić information content (AvgIpc) is 2.53. The third kappa shape index (κ3) is 4.46. The van der Waals surface area contributed by atoms with Crippen molar-refractivity contribution in [3.05, 3.63) is 29.3 Å². The lowest BCUT2D eigenvalue weighted by Gasteiger charge is -2.30. The highest BCUT2D eigenvalue weighted by Gasteiger charge is 2.32. The zero-order valence-corrected chi connectivity index (χ0v) is 15.0. The first-order valence-electron chi connectivity index (χ1n) is 7.84. The first-order chi connectivity index (χ1) is 10.8. The Kier molecular flexibility index (Phi) is 6.06. The largest absolute Gasteiger partial charge is 0.356 e. The SMILES string of the molecule is CC(C)CNC(=O)C1CCN(S(=O)(=O)c2ccccc2Cl)CC1. The molecule has 1 fully saturated rings. The molecule has 0 atom stereocenters. The minimum Gasteiger partial charge on any atom is -0.356 e. The molecule has 23 heavy (non-hydrogen) atoms. The van der Waals surface area contributed by atoms with Gasteiger partial charge in [0.2, 0.25) is 15.9 Å². The first kappa shape index (κ1) is 18.2. The van der Waals surface area contributed by atoms with Crippen LogP contribution in [0.2, 0.25) is 5.02 Å². The third-order valence-electron chi connectivity index (χ3n) is 3.96. The monoisotopic (exact) mass is 358 g/mol. The van der Waals surface area contributed by atoms with Crippen LogP contribution < -0.4 is 5.32 Å². The van der Waals surface area contributed by atoms with E-state index in [-0.39, 0.29) is 21.7 Å². The standard InChI is InChI=1S/C16H23ClN2O3S/c1-12(2)11-18-16(20)13-7-9-19(10-8-13)23(21,22)15-6-4-3-5-14(15)17/h3-6,12-13H,7-11H2,1-2H3,(H,18,20). The fourth-order valence-electron chi connectivity index (χ4n) is 2.60. The maximum atomic E-state index is 12.6. The van der Waals surface area contributed by atoms with E-state index < -0.39 is 10.0 Å². The van der Waals surface area contributed by atoms with E-state index in [0.717, 1.165) is 0 Å². The fourth-order valence-corrected chi connectivity index (χ4v) is 4.56. The van der Waals surface area contributed by atoms with Gasteiger partial charge in [-0.2, -0.15) is 4.31 Å². The molecule has 1 saturated heterocycles. The number of hydrogen-bond acceptors (Lipinski definition) is 3. The minimum absolute atomic E-state index is 0.0218. The van der Waals surface area contributed by atoms with Gasteiger partial charge in [-0.25, -0.2) is 8.42 Å². The van der Waals surface area contributed by atoms with Crippen LogP contribution in [0.3, 0.4) is 0 Å². The van der Waals surface area contributed by atoms with Crippen LogP contribution in [0.15, 0.2) is 29.2 Å². The maximum absolute atomic E-state index is 12.6. The molecule has 0 unspecified atom stereocenters. The Bertz CT molecular complexity index is 653. The first-order valence-corrected chi connectivity index (χ1v) is 9.66. The number of nitrogens with zero attached hydrogens (tertiary/aromatic N) is 1. The summed E-state index contributed by atoms with van der Waals surface area (Å²) in [6, 6.07) is 6.44. The van der Waals surface area contributed by atoms with Gasteiger partial charge in [0.15, 0.2) is 0 Å². The van der Waals surface area contributed by atoms with Gasteiger partial charge in [-0.3, -0.25) is 4.79 Å². The van der Waals surface area contributed by atoms with Crippen molar-refractivity contribution in [1.29, 1.82) is 0 Å². The van der Waals surface area contributed by atoms with Crippen LogP contribution in [0.25, 0.3) is 0 Å². The minimum atomic E-state index is -3.60. The van der Waals surface area contributed by atoms with Crippen molar-refractivity contribution in [2.45, 2.75) is 31.6 Å². The van der Waals surface area contributed by atoms with Crippen molar-refractivity contribution in [1.82, 2.24) is 9.62 Å². The van der Waals surface area contributed by atoms with Crippen LogP contribution in [-0.2, 0) is 14.8 Å². The Balaban J connectivity index is 1.99. The summed E-state index contributed by atoms with van der Waals surface area (Å²) in [4.78, 5) is 12.2. The number of carbonyl (C=O) groups excluding carboxylic acids is 1. The Morgan fingerprint density at radius 3 is 2.48 bits per heavy atom. The highest BCUT2D eigenvalue weighted by molar-refractivity contribution is 7.89. The molecular formula is C16H23ClN2O3S. The van der Waals surface area contributed by atoms with Gasteiger partial charge in [-0.1, -0.05) is 37.6 Å². The predicted octanol–water partition coefficient (Wildman–Crippen LogP) is 2.51. The molecule has 0 saturated carbocycles. The van der Waals surface area contributed by atoms with E-state index in [9.17, 15) is 13.2 Å². The van der Waals surface area contributed by atoms with E-state index in [1.54, 1.807) is 18.2 Å². The number of piperidine rings is 1. The van der Waals surface area contributed by atoms with E-state index in [0.29, 0.717) is 38.4 Å². The van der Waals surface area contributed by atoms with Crippen molar-refractivity contribution >= 4 is 27.5 Å². The molecular weight excluding hydrogens is 336 g/mol. The molecule has 128 valence electrons. The van der Waals surface area contributed by atoms with Crippen LogP contribution in [0, 0.1) is 11.8 Å². The zero-order valence-electron chi connectivity index (χ0n) is 13.5. The molecule has 1 aliphatic heterocycles. The highest BCUT2D eigenvalue weighted by atomic mass is 35.5. The third-order valence-corrected chi connectivity index (χ3v) is 6.36. The molecule has 0 spiro atoms. The molecule has 1 aliphatic rings. The molecule has 7 heteroatoms. The smallest absolute Gasteiger partial charge is 0.244 e. The second-order valence-electron chi connectivity index (χ2n) is 6.25. The summed E-state index contributed by atoms with van der Waals surface area (Å²) in [6.07, 6.45) is 1.07. The second-order valence-corrected chi connectivity index (χ2v) is 8.56. The van der Waals surface area contributed by atoms with E-state index in [1.165, 1.54) is 10.4 Å². The number of sulfonamides is 1. The lowest BCUT2D eigenvalue weighted by atomic mass is 9.97. The summed E-state index contributed by atoms with van der Waals surface area (Å²) in [7, 11) is -3.60. The highest BCUT2D eigenvalue weighted by Crippen LogP contribution is 2.28. The lowest BCUT2D eigenvalue weighted by Crippen LogP contribution is -2.43. The van der Waals surface area contributed by atoms with E-state index in [4.69, 9.17) is 11.6 Å². The quantitative estimate of drug-likeness (QED) is 0.879. The van der Waals surface area contributed by atoms with Gasteiger partial charge in [0.25, 0.3) is 0 Å². The Labute approximate surface area is 143 Å². The second kappa shape index (κ2) is 7.64. The number of benzene rings is 1. The van der Waals surface area contributed by atoms with Gasteiger partial charge in [0.1, 0.15) is 4.90 Å². The van der Waals surface area contributed by atoms with Crippen LogP contribution >= 0.6 is 11.6 Å². The Morgan fingerprint density at radius 1 is 1.30 bits per heavy atom. The Hall–Kier alpha value is -1.11. The summed E-state index contributed by atoms with van der Waals surface area (Å²) >= 11 is 6.01. The Morgan fingerprint density at radius 2 is 1.91 bits per heavy atom. The number of carbonyl (C=O) groups is 1. The molecule has 1 heterocycles. The van der Waals surface area contributed by atoms with Gasteiger partial charge in [-0.15, -0.1) is 0 Å². The summed E-state index contributed by atoms with van der Waals surface area (Å²) in [5.74, 6) is 0.305. The summed E-state index contributed by atoms with van der Waals surface area (Å²) in [5.41, 5.74) is 0. The molecule has 1 N–H and O–H groups in total. The topological polar surface area (TPSA) is 66.5 Å². The summed E-state index contributed by atoms with van der Waals surface area (Å²) in [6.45, 7) is 5.41. The molecule has 0 aliphatic carbocycles. The molecule has 1 amide bonds. The van der Waals surface area contributed by atoms with Crippen molar-refractivity contribution in [3.8, 4) is 0 Å². The van der Waals surface area contributed by atoms with E-state index in [2.05, 4.69) is 5.32 Å². The summed E-state index contributed by atoms with van der Waals surface area (Å²) < 4.78 is 26.7. The number of rotatable bonds is 5. The van der Waals surface area contributed by atoms with Crippen molar-refractivity contribution in [2.24, 2.45) is 11.8 Å². The normalized spacial score (nSPS) is 17.4. The summed E-state index contributed by atoms with van der Waals surface area (Å²) in [5, 5.41) is 3.14. The van der Waals surface area contributed by atoms with Gasteiger partial charge in [0, 0.05) is 25.6 Å². The molecule has 0 aromatic heterocycles. The molecule has 1 aromatic carbocycles. The molecule has 0 bridgehead atoms. The van der Waals surface area contributed by atoms with Gasteiger partial charge in [-0.05, 0) is 30.9 Å². The zero-order chi connectivity index (χ0) is 17.0. The lowest BCUT2D eigenvalue weighted by molar-refractivity contribution is -0.126. The van der Waals surface area contributed by atoms with Gasteiger partial charge in [0.05, 0.1) is 5.02 Å². The molecule has 0 radical (unpaired) electrons. The van der Waals surface area contributed by atoms with Crippen LogP contribution in [0.1, 0.15) is 26.7 Å². The van der Waals surface area contributed by atoms with Crippen LogP contribution in [0.5, 0.6) is 0 Å². The van der Waals surface area contributed by atoms with Gasteiger partial charge >= 0.3 is 0 Å². The van der Waals surface area contributed by atoms with Crippen molar-refractivity contribution < 1.29 is 13.2 Å². The van der Waals surface area contributed by atoms with Gasteiger partial charge < -0.3 is 5.32 Å². The van der Waals surface area contributed by atoms with E-state index in [1.807, 2.05) is 13.8 Å². The van der Waals surface area contributed by atoms with Crippen molar-refractivity contribution in [2.75, 3.05) is 19.6 Å². The average molecular weight is 359 g/mol. The van der Waals surface area contributed by atoms with Crippen LogP contribution in [0.4, 0.5) is 0 Å². The van der Waals surface area contributed by atoms with Crippen LogP contribution in [-0.4, -0.2) is 38.3 Å². The van der Waals surface area contributed by atoms with E-state index >= 15 is 0 Å². The molecule has 1 aromatic rings. The molecule has 2 rings (SSSR count). The number of nitrogens with one attached hydrogen (secondary N) is 1. The maximum Gasteiger partial charge on any atom is 0.244 e. The molecule has 5 nitrogen and oxygen atoms in total. The van der Waals surface area contributed by atoms with Crippen molar-refractivity contribution in [3.63, 3.8) is 0 Å². The number of halogens is 1.